The summed E-state index contributed by atoms with van der Waals surface area (Å²) in [4.78, 5) is 27.9. The molecule has 1 aliphatic heterocycles. The molecule has 0 unspecified atom stereocenters. The Morgan fingerprint density at radius 2 is 2.11 bits per heavy atom. The summed E-state index contributed by atoms with van der Waals surface area (Å²) in [6.45, 7) is 5.83. The molecular formula is C18H26N8O2. The highest BCUT2D eigenvalue weighted by molar-refractivity contribution is 5.90. The highest BCUT2D eigenvalue weighted by atomic mass is 16.3. The number of anilines is 2. The monoisotopic (exact) mass is 386 g/mol. The Bertz CT molecular complexity index is 872. The first kappa shape index (κ1) is 18.6. The van der Waals surface area contributed by atoms with Gasteiger partial charge in [-0.3, -0.25) is 9.89 Å². The summed E-state index contributed by atoms with van der Waals surface area (Å²) in [6, 6.07) is -0.213. The van der Waals surface area contributed by atoms with Gasteiger partial charge in [0.25, 0.3) is 5.91 Å². The Labute approximate surface area is 163 Å². The number of hydrogen-bond donors (Lipinski definition) is 4. The third kappa shape index (κ3) is 3.77. The minimum Gasteiger partial charge on any atom is -0.393 e. The molecule has 1 atom stereocenters. The van der Waals surface area contributed by atoms with Crippen molar-refractivity contribution in [2.45, 2.75) is 51.7 Å². The standard InChI is InChI=1S/C18H26N8O2/c1-18(2)7-12(21-15(28)14-23-16(19)25-24-14)11-9-20-17(22-13(11)8-18)26-5-3-10(27)4-6-26/h9-10,12,27H,3-8H2,1-2H3,(H,21,28)(H3,19,23,24,25)/t12-/m1/s1. The van der Waals surface area contributed by atoms with Crippen LogP contribution in [0.2, 0.25) is 0 Å². The minimum absolute atomic E-state index is 0.0187. The number of nitrogens with zero attached hydrogens (tertiary/aromatic N) is 5. The van der Waals surface area contributed by atoms with Gasteiger partial charge < -0.3 is 21.1 Å². The molecule has 1 aliphatic carbocycles. The largest absolute Gasteiger partial charge is 0.393 e. The van der Waals surface area contributed by atoms with Crippen LogP contribution in [0.15, 0.2) is 6.20 Å². The van der Waals surface area contributed by atoms with E-state index in [1.807, 2.05) is 6.20 Å². The summed E-state index contributed by atoms with van der Waals surface area (Å²) in [6.07, 6.45) is 4.62. The predicted octanol–water partition coefficient (Wildman–Crippen LogP) is 0.582. The molecule has 0 bridgehead atoms. The average Bonchev–Trinajstić information content (AvgIpc) is 3.07. The maximum Gasteiger partial charge on any atom is 0.289 e. The Morgan fingerprint density at radius 3 is 2.79 bits per heavy atom. The van der Waals surface area contributed by atoms with E-state index in [0.29, 0.717) is 5.95 Å². The van der Waals surface area contributed by atoms with Crippen molar-refractivity contribution >= 4 is 17.8 Å². The number of H-pyrrole nitrogens is 1. The van der Waals surface area contributed by atoms with Crippen molar-refractivity contribution in [2.75, 3.05) is 23.7 Å². The quantitative estimate of drug-likeness (QED) is 0.599. The first-order valence-corrected chi connectivity index (χ1v) is 9.58. The maximum absolute atomic E-state index is 12.5. The predicted molar refractivity (Wildman–Crippen MR) is 103 cm³/mol. The molecule has 10 nitrogen and oxygen atoms in total. The van der Waals surface area contributed by atoms with E-state index in [9.17, 15) is 9.90 Å². The highest BCUT2D eigenvalue weighted by Crippen LogP contribution is 2.40. The fourth-order valence-electron chi connectivity index (χ4n) is 3.99. The number of aliphatic hydroxyl groups is 1. The van der Waals surface area contributed by atoms with E-state index >= 15 is 0 Å². The van der Waals surface area contributed by atoms with E-state index in [-0.39, 0.29) is 35.2 Å². The molecule has 150 valence electrons. The molecule has 0 aromatic carbocycles. The van der Waals surface area contributed by atoms with E-state index in [2.05, 4.69) is 44.2 Å². The molecule has 0 saturated carbocycles. The Balaban J connectivity index is 1.58. The van der Waals surface area contributed by atoms with Gasteiger partial charge in [-0.1, -0.05) is 13.8 Å². The van der Waals surface area contributed by atoms with Crippen LogP contribution in [-0.2, 0) is 6.42 Å². The Morgan fingerprint density at radius 1 is 1.36 bits per heavy atom. The van der Waals surface area contributed by atoms with Crippen molar-refractivity contribution in [3.63, 3.8) is 0 Å². The van der Waals surface area contributed by atoms with Gasteiger partial charge in [0, 0.05) is 24.8 Å². The van der Waals surface area contributed by atoms with Crippen LogP contribution in [0.5, 0.6) is 0 Å². The van der Waals surface area contributed by atoms with Crippen molar-refractivity contribution in [2.24, 2.45) is 5.41 Å². The topological polar surface area (TPSA) is 146 Å². The molecule has 0 radical (unpaired) electrons. The zero-order valence-corrected chi connectivity index (χ0v) is 16.1. The number of nitrogens with one attached hydrogen (secondary N) is 2. The summed E-state index contributed by atoms with van der Waals surface area (Å²) in [5.74, 6) is 0.462. The number of amides is 1. The number of rotatable bonds is 3. The third-order valence-corrected chi connectivity index (χ3v) is 5.44. The van der Waals surface area contributed by atoms with Crippen LogP contribution in [0, 0.1) is 5.41 Å². The lowest BCUT2D eigenvalue weighted by Crippen LogP contribution is -2.39. The lowest BCUT2D eigenvalue weighted by molar-refractivity contribution is 0.0908. The first-order valence-electron chi connectivity index (χ1n) is 9.58. The number of aliphatic hydroxyl groups excluding tert-OH is 1. The first-order chi connectivity index (χ1) is 13.3. The lowest BCUT2D eigenvalue weighted by atomic mass is 9.74. The van der Waals surface area contributed by atoms with Gasteiger partial charge >= 0.3 is 0 Å². The molecule has 2 aliphatic rings. The third-order valence-electron chi connectivity index (χ3n) is 5.44. The van der Waals surface area contributed by atoms with Gasteiger partial charge in [-0.25, -0.2) is 9.97 Å². The number of nitrogen functional groups attached to an aromatic ring is 1. The molecule has 10 heteroatoms. The molecule has 4 rings (SSSR count). The van der Waals surface area contributed by atoms with Gasteiger partial charge in [-0.2, -0.15) is 4.98 Å². The van der Waals surface area contributed by atoms with Gasteiger partial charge in [0.15, 0.2) is 0 Å². The zero-order valence-electron chi connectivity index (χ0n) is 16.1. The number of fused-ring (bicyclic) bond motifs is 1. The maximum atomic E-state index is 12.5. The molecule has 2 aromatic heterocycles. The molecule has 1 fully saturated rings. The number of nitrogens with two attached hydrogens (primary N) is 1. The summed E-state index contributed by atoms with van der Waals surface area (Å²) in [5, 5.41) is 19.0. The van der Waals surface area contributed by atoms with E-state index in [1.165, 1.54) is 0 Å². The molecule has 1 saturated heterocycles. The second-order valence-electron chi connectivity index (χ2n) is 8.40. The van der Waals surface area contributed by atoms with Crippen LogP contribution in [-0.4, -0.2) is 55.4 Å². The van der Waals surface area contributed by atoms with Crippen LogP contribution in [0.1, 0.15) is 61.0 Å². The van der Waals surface area contributed by atoms with E-state index in [0.717, 1.165) is 50.0 Å². The Kier molecular flexibility index (Phi) is 4.66. The number of carbonyl (C=O) groups is 1. The van der Waals surface area contributed by atoms with Crippen molar-refractivity contribution < 1.29 is 9.90 Å². The van der Waals surface area contributed by atoms with Crippen molar-refractivity contribution in [3.05, 3.63) is 23.3 Å². The van der Waals surface area contributed by atoms with E-state index in [1.54, 1.807) is 0 Å². The summed E-state index contributed by atoms with van der Waals surface area (Å²) < 4.78 is 0. The molecule has 2 aromatic rings. The molecular weight excluding hydrogens is 360 g/mol. The molecule has 3 heterocycles. The van der Waals surface area contributed by atoms with Crippen LogP contribution in [0.3, 0.4) is 0 Å². The number of piperidine rings is 1. The van der Waals surface area contributed by atoms with Crippen LogP contribution in [0.25, 0.3) is 0 Å². The van der Waals surface area contributed by atoms with Crippen molar-refractivity contribution in [1.29, 1.82) is 0 Å². The van der Waals surface area contributed by atoms with Crippen molar-refractivity contribution in [1.82, 2.24) is 30.5 Å². The second-order valence-corrected chi connectivity index (χ2v) is 8.40. The normalized spacial score (nSPS) is 22.0. The summed E-state index contributed by atoms with van der Waals surface area (Å²) >= 11 is 0. The summed E-state index contributed by atoms with van der Waals surface area (Å²) in [5.41, 5.74) is 7.36. The number of aromatic amines is 1. The van der Waals surface area contributed by atoms with Crippen LogP contribution in [0.4, 0.5) is 11.9 Å². The Hall–Kier alpha value is -2.75. The summed E-state index contributed by atoms with van der Waals surface area (Å²) in [7, 11) is 0. The van der Waals surface area contributed by atoms with Crippen LogP contribution < -0.4 is 16.0 Å². The van der Waals surface area contributed by atoms with Gasteiger partial charge in [0.2, 0.25) is 17.7 Å². The highest BCUT2D eigenvalue weighted by Gasteiger charge is 2.35. The minimum atomic E-state index is -0.355. The number of carbonyl (C=O) groups excluding carboxylic acids is 1. The molecule has 5 N–H and O–H groups in total. The average molecular weight is 386 g/mol. The fourth-order valence-corrected chi connectivity index (χ4v) is 3.99. The zero-order chi connectivity index (χ0) is 19.9. The van der Waals surface area contributed by atoms with E-state index in [4.69, 9.17) is 10.7 Å². The SMILES string of the molecule is CC1(C)Cc2nc(N3CCC(O)CC3)ncc2[C@H](NC(=O)c2nc(N)n[nH]2)C1. The lowest BCUT2D eigenvalue weighted by Gasteiger charge is -2.37. The molecule has 0 spiro atoms. The molecule has 1 amide bonds. The second kappa shape index (κ2) is 7.01. The fraction of sp³-hybridized carbons (Fsp3) is 0.611. The van der Waals surface area contributed by atoms with Gasteiger partial charge in [-0.05, 0) is 31.1 Å². The van der Waals surface area contributed by atoms with Gasteiger partial charge in [0.1, 0.15) is 0 Å². The number of aromatic nitrogens is 5. The smallest absolute Gasteiger partial charge is 0.289 e. The number of hydrogen-bond acceptors (Lipinski definition) is 8. The van der Waals surface area contributed by atoms with Gasteiger partial charge in [-0.15, -0.1) is 5.10 Å². The van der Waals surface area contributed by atoms with Crippen LogP contribution >= 0.6 is 0 Å². The van der Waals surface area contributed by atoms with Crippen molar-refractivity contribution in [3.8, 4) is 0 Å². The van der Waals surface area contributed by atoms with Gasteiger partial charge in [0.05, 0.1) is 17.8 Å². The molecule has 28 heavy (non-hydrogen) atoms. The van der Waals surface area contributed by atoms with E-state index < -0.39 is 0 Å².